The zero-order valence-corrected chi connectivity index (χ0v) is 22.5. The van der Waals surface area contributed by atoms with Crippen LogP contribution in [0.5, 0.6) is 0 Å². The van der Waals surface area contributed by atoms with E-state index in [-0.39, 0.29) is 23.8 Å². The Kier molecular flexibility index (Phi) is 7.73. The number of carbonyl (C=O) groups excluding carboxylic acids is 3. The van der Waals surface area contributed by atoms with E-state index in [2.05, 4.69) is 10.1 Å². The SMILES string of the molecule is CCOC(=O)N1CCN(C(=O)c2csc(C3CCN(C(=O)c4cnn(-c5ccccc5)c4C)CC3)n2)CC1. The van der Waals surface area contributed by atoms with Crippen LogP contribution in [0.1, 0.15) is 57.2 Å². The monoisotopic (exact) mass is 536 g/mol. The lowest BCUT2D eigenvalue weighted by molar-refractivity contribution is 0.0566. The van der Waals surface area contributed by atoms with Crippen molar-refractivity contribution in [2.75, 3.05) is 45.9 Å². The third-order valence-electron chi connectivity index (χ3n) is 7.21. The largest absolute Gasteiger partial charge is 0.450 e. The number of rotatable bonds is 5. The summed E-state index contributed by atoms with van der Waals surface area (Å²) in [4.78, 5) is 48.1. The zero-order chi connectivity index (χ0) is 26.6. The second-order valence-corrected chi connectivity index (χ2v) is 10.4. The Morgan fingerprint density at radius 3 is 2.29 bits per heavy atom. The Bertz CT molecular complexity index is 1290. The predicted molar refractivity (Wildman–Crippen MR) is 143 cm³/mol. The first-order chi connectivity index (χ1) is 18.5. The molecule has 10 nitrogen and oxygen atoms in total. The number of amides is 3. The number of carbonyl (C=O) groups is 3. The minimum absolute atomic E-state index is 0.0000902. The molecule has 2 saturated heterocycles. The van der Waals surface area contributed by atoms with Crippen molar-refractivity contribution in [2.45, 2.75) is 32.6 Å². The van der Waals surface area contributed by atoms with Gasteiger partial charge in [0.2, 0.25) is 0 Å². The molecule has 3 amide bonds. The predicted octanol–water partition coefficient (Wildman–Crippen LogP) is 3.57. The normalized spacial score (nSPS) is 16.5. The molecule has 0 N–H and O–H groups in total. The summed E-state index contributed by atoms with van der Waals surface area (Å²) >= 11 is 1.51. The van der Waals surface area contributed by atoms with E-state index >= 15 is 0 Å². The van der Waals surface area contributed by atoms with Crippen molar-refractivity contribution in [3.05, 3.63) is 63.9 Å². The molecule has 0 saturated carbocycles. The molecule has 200 valence electrons. The van der Waals surface area contributed by atoms with Crippen LogP contribution in [0.25, 0.3) is 5.69 Å². The molecule has 0 atom stereocenters. The number of ether oxygens (including phenoxy) is 1. The highest BCUT2D eigenvalue weighted by Gasteiger charge is 2.30. The van der Waals surface area contributed by atoms with Crippen molar-refractivity contribution in [3.8, 4) is 5.69 Å². The lowest BCUT2D eigenvalue weighted by Crippen LogP contribution is -2.50. The van der Waals surface area contributed by atoms with Crippen LogP contribution in [0.15, 0.2) is 41.9 Å². The maximum absolute atomic E-state index is 13.3. The molecule has 2 aliphatic heterocycles. The quantitative estimate of drug-likeness (QED) is 0.494. The number of benzene rings is 1. The minimum Gasteiger partial charge on any atom is -0.450 e. The van der Waals surface area contributed by atoms with E-state index in [0.29, 0.717) is 57.1 Å². The van der Waals surface area contributed by atoms with Crippen molar-refractivity contribution >= 4 is 29.2 Å². The number of likely N-dealkylation sites (tertiary alicyclic amines) is 1. The van der Waals surface area contributed by atoms with Gasteiger partial charge in [0.05, 0.1) is 34.8 Å². The number of nitrogens with zero attached hydrogens (tertiary/aromatic N) is 6. The van der Waals surface area contributed by atoms with Crippen LogP contribution >= 0.6 is 11.3 Å². The average Bonchev–Trinajstić information content (AvgIpc) is 3.60. The third-order valence-corrected chi connectivity index (χ3v) is 8.21. The molecule has 0 spiro atoms. The van der Waals surface area contributed by atoms with Gasteiger partial charge in [-0.2, -0.15) is 5.10 Å². The summed E-state index contributed by atoms with van der Waals surface area (Å²) in [5, 5.41) is 7.21. The van der Waals surface area contributed by atoms with E-state index < -0.39 is 0 Å². The Balaban J connectivity index is 1.15. The summed E-state index contributed by atoms with van der Waals surface area (Å²) < 4.78 is 6.85. The van der Waals surface area contributed by atoms with Crippen molar-refractivity contribution < 1.29 is 19.1 Å². The van der Waals surface area contributed by atoms with E-state index in [9.17, 15) is 14.4 Å². The third kappa shape index (κ3) is 5.28. The highest BCUT2D eigenvalue weighted by atomic mass is 32.1. The average molecular weight is 537 g/mol. The van der Waals surface area contributed by atoms with Crippen LogP contribution in [0.2, 0.25) is 0 Å². The lowest BCUT2D eigenvalue weighted by atomic mass is 9.97. The van der Waals surface area contributed by atoms with Gasteiger partial charge >= 0.3 is 6.09 Å². The van der Waals surface area contributed by atoms with E-state index in [0.717, 1.165) is 29.2 Å². The minimum atomic E-state index is -0.333. The summed E-state index contributed by atoms with van der Waals surface area (Å²) in [6, 6.07) is 9.79. The van der Waals surface area contributed by atoms with Gasteiger partial charge in [-0.25, -0.2) is 14.5 Å². The van der Waals surface area contributed by atoms with Gasteiger partial charge in [-0.15, -0.1) is 11.3 Å². The summed E-state index contributed by atoms with van der Waals surface area (Å²) in [5.74, 6) is 0.119. The van der Waals surface area contributed by atoms with Crippen LogP contribution in [0.4, 0.5) is 4.79 Å². The second kappa shape index (κ2) is 11.3. The maximum Gasteiger partial charge on any atom is 0.409 e. The topological polar surface area (TPSA) is 101 Å². The molecular weight excluding hydrogens is 504 g/mol. The van der Waals surface area contributed by atoms with Crippen molar-refractivity contribution in [3.63, 3.8) is 0 Å². The van der Waals surface area contributed by atoms with Crippen LogP contribution in [0.3, 0.4) is 0 Å². The fourth-order valence-corrected chi connectivity index (χ4v) is 5.96. The molecule has 5 rings (SSSR count). The molecule has 3 aromatic rings. The smallest absolute Gasteiger partial charge is 0.409 e. The molecule has 0 radical (unpaired) electrons. The molecule has 4 heterocycles. The zero-order valence-electron chi connectivity index (χ0n) is 21.7. The van der Waals surface area contributed by atoms with Crippen molar-refractivity contribution in [2.24, 2.45) is 0 Å². The number of hydrogen-bond donors (Lipinski definition) is 0. The summed E-state index contributed by atoms with van der Waals surface area (Å²) in [5.41, 5.74) is 2.83. The number of aromatic nitrogens is 3. The molecule has 1 aromatic carbocycles. The summed E-state index contributed by atoms with van der Waals surface area (Å²) in [6.07, 6.45) is 2.93. The molecular formula is C27H32N6O4S. The van der Waals surface area contributed by atoms with Crippen molar-refractivity contribution in [1.29, 1.82) is 0 Å². The number of piperidine rings is 1. The number of thiazole rings is 1. The van der Waals surface area contributed by atoms with E-state index in [1.54, 1.807) is 27.6 Å². The van der Waals surface area contributed by atoms with Crippen molar-refractivity contribution in [1.82, 2.24) is 29.5 Å². The fraction of sp³-hybridized carbons (Fsp3) is 0.444. The highest BCUT2D eigenvalue weighted by Crippen LogP contribution is 2.31. The molecule has 2 aromatic heterocycles. The summed E-state index contributed by atoms with van der Waals surface area (Å²) in [6.45, 7) is 7.15. The Morgan fingerprint density at radius 2 is 1.61 bits per heavy atom. The van der Waals surface area contributed by atoms with Crippen LogP contribution in [-0.4, -0.2) is 93.2 Å². The van der Waals surface area contributed by atoms with Gasteiger partial charge < -0.3 is 19.4 Å². The second-order valence-electron chi connectivity index (χ2n) is 9.51. The first kappa shape index (κ1) is 25.9. The van der Waals surface area contributed by atoms with Gasteiger partial charge in [-0.1, -0.05) is 18.2 Å². The molecule has 0 aliphatic carbocycles. The van der Waals surface area contributed by atoms with Crippen LogP contribution in [-0.2, 0) is 4.74 Å². The van der Waals surface area contributed by atoms with Gasteiger partial charge in [-0.3, -0.25) is 9.59 Å². The highest BCUT2D eigenvalue weighted by molar-refractivity contribution is 7.09. The molecule has 2 aliphatic rings. The Hall–Kier alpha value is -3.73. The van der Waals surface area contributed by atoms with E-state index in [1.807, 2.05) is 47.5 Å². The number of para-hydroxylation sites is 1. The van der Waals surface area contributed by atoms with E-state index in [1.165, 1.54) is 11.3 Å². The number of hydrogen-bond acceptors (Lipinski definition) is 7. The molecule has 11 heteroatoms. The summed E-state index contributed by atoms with van der Waals surface area (Å²) in [7, 11) is 0. The fourth-order valence-electron chi connectivity index (χ4n) is 4.99. The van der Waals surface area contributed by atoms with Gasteiger partial charge in [0, 0.05) is 50.6 Å². The molecule has 0 unspecified atom stereocenters. The Morgan fingerprint density at radius 1 is 0.947 bits per heavy atom. The molecule has 38 heavy (non-hydrogen) atoms. The van der Waals surface area contributed by atoms with Gasteiger partial charge in [-0.05, 0) is 38.8 Å². The standard InChI is InChI=1S/C27H32N6O4S/c1-3-37-27(36)32-15-13-31(14-16-32)26(35)23-18-38-24(29-23)20-9-11-30(12-10-20)25(34)22-17-28-33(19(22)2)21-7-5-4-6-8-21/h4-8,17-18,20H,3,9-16H2,1-2H3. The first-order valence-electron chi connectivity index (χ1n) is 13.0. The maximum atomic E-state index is 13.3. The van der Waals surface area contributed by atoms with Crippen LogP contribution < -0.4 is 0 Å². The van der Waals surface area contributed by atoms with Gasteiger partial charge in [0.15, 0.2) is 0 Å². The van der Waals surface area contributed by atoms with Gasteiger partial charge in [0.25, 0.3) is 11.8 Å². The first-order valence-corrected chi connectivity index (χ1v) is 13.9. The van der Waals surface area contributed by atoms with Gasteiger partial charge in [0.1, 0.15) is 5.69 Å². The Labute approximate surface area is 225 Å². The lowest BCUT2D eigenvalue weighted by Gasteiger charge is -2.33. The number of piperazine rings is 1. The van der Waals surface area contributed by atoms with E-state index in [4.69, 9.17) is 4.74 Å². The molecule has 0 bridgehead atoms. The van der Waals surface area contributed by atoms with Crippen LogP contribution in [0, 0.1) is 6.92 Å². The molecule has 2 fully saturated rings.